The van der Waals surface area contributed by atoms with Crippen LogP contribution in [-0.4, -0.2) is 33.8 Å². The van der Waals surface area contributed by atoms with Crippen LogP contribution in [0.25, 0.3) is 0 Å². The lowest BCUT2D eigenvalue weighted by Gasteiger charge is -2.15. The maximum Gasteiger partial charge on any atom is 0.191 e. The summed E-state index contributed by atoms with van der Waals surface area (Å²) in [4.78, 5) is 8.73. The lowest BCUT2D eigenvalue weighted by Crippen LogP contribution is -2.38. The second-order valence-electron chi connectivity index (χ2n) is 5.28. The SMILES string of the molecule is CCNC(=NCc1ncnn1C)NCCC1=CCCCC1. The van der Waals surface area contributed by atoms with Gasteiger partial charge < -0.3 is 10.6 Å². The highest BCUT2D eigenvalue weighted by Gasteiger charge is 2.05. The maximum atomic E-state index is 4.55. The first kappa shape index (κ1) is 15.5. The topological polar surface area (TPSA) is 67.1 Å². The lowest BCUT2D eigenvalue weighted by molar-refractivity contribution is 0.664. The minimum Gasteiger partial charge on any atom is -0.357 e. The molecule has 0 unspecified atom stereocenters. The molecule has 0 aromatic carbocycles. The number of nitrogens with one attached hydrogen (secondary N) is 2. The van der Waals surface area contributed by atoms with Crippen LogP contribution in [0.3, 0.4) is 0 Å². The molecule has 0 radical (unpaired) electrons. The molecule has 1 aliphatic rings. The van der Waals surface area contributed by atoms with E-state index in [0.29, 0.717) is 6.54 Å². The van der Waals surface area contributed by atoms with Crippen LogP contribution in [0.15, 0.2) is 23.0 Å². The summed E-state index contributed by atoms with van der Waals surface area (Å²) >= 11 is 0. The van der Waals surface area contributed by atoms with Crippen LogP contribution in [0.2, 0.25) is 0 Å². The summed E-state index contributed by atoms with van der Waals surface area (Å²) in [6.07, 6.45) is 10.2. The first-order chi connectivity index (χ1) is 10.3. The van der Waals surface area contributed by atoms with Gasteiger partial charge in [0.15, 0.2) is 5.96 Å². The van der Waals surface area contributed by atoms with Gasteiger partial charge in [-0.2, -0.15) is 5.10 Å². The summed E-state index contributed by atoms with van der Waals surface area (Å²) in [5.41, 5.74) is 1.58. The summed E-state index contributed by atoms with van der Waals surface area (Å²) in [7, 11) is 1.88. The fourth-order valence-electron chi connectivity index (χ4n) is 2.43. The zero-order chi connectivity index (χ0) is 14.9. The number of nitrogens with zero attached hydrogens (tertiary/aromatic N) is 4. The Labute approximate surface area is 126 Å². The second-order valence-corrected chi connectivity index (χ2v) is 5.28. The molecule has 1 aromatic heterocycles. The Morgan fingerprint density at radius 2 is 2.29 bits per heavy atom. The van der Waals surface area contributed by atoms with Crippen molar-refractivity contribution in [3.8, 4) is 0 Å². The van der Waals surface area contributed by atoms with E-state index < -0.39 is 0 Å². The van der Waals surface area contributed by atoms with Crippen molar-refractivity contribution >= 4 is 5.96 Å². The maximum absolute atomic E-state index is 4.55. The van der Waals surface area contributed by atoms with Crippen LogP contribution < -0.4 is 10.6 Å². The van der Waals surface area contributed by atoms with Gasteiger partial charge in [0.1, 0.15) is 18.7 Å². The van der Waals surface area contributed by atoms with E-state index in [4.69, 9.17) is 0 Å². The summed E-state index contributed by atoms with van der Waals surface area (Å²) in [6.45, 7) is 4.39. The summed E-state index contributed by atoms with van der Waals surface area (Å²) in [5, 5.41) is 10.7. The van der Waals surface area contributed by atoms with E-state index >= 15 is 0 Å². The Kier molecular flexibility index (Phi) is 6.24. The van der Waals surface area contributed by atoms with E-state index in [1.165, 1.54) is 25.7 Å². The molecule has 116 valence electrons. The molecule has 0 spiro atoms. The molecule has 1 heterocycles. The third-order valence-corrected chi connectivity index (χ3v) is 3.65. The molecule has 2 rings (SSSR count). The molecule has 1 aliphatic carbocycles. The zero-order valence-electron chi connectivity index (χ0n) is 13.1. The van der Waals surface area contributed by atoms with Crippen LogP contribution >= 0.6 is 0 Å². The monoisotopic (exact) mass is 290 g/mol. The molecule has 0 saturated heterocycles. The number of hydrogen-bond acceptors (Lipinski definition) is 3. The van der Waals surface area contributed by atoms with Crippen LogP contribution in [0.4, 0.5) is 0 Å². The third-order valence-electron chi connectivity index (χ3n) is 3.65. The van der Waals surface area contributed by atoms with Crippen molar-refractivity contribution in [2.24, 2.45) is 12.0 Å². The summed E-state index contributed by atoms with van der Waals surface area (Å²) in [5.74, 6) is 1.71. The normalized spacial score (nSPS) is 15.7. The fraction of sp³-hybridized carbons (Fsp3) is 0.667. The molecular weight excluding hydrogens is 264 g/mol. The van der Waals surface area contributed by atoms with Crippen LogP contribution in [0.5, 0.6) is 0 Å². The Morgan fingerprint density at radius 1 is 1.38 bits per heavy atom. The lowest BCUT2D eigenvalue weighted by atomic mass is 9.97. The summed E-state index contributed by atoms with van der Waals surface area (Å²) in [6, 6.07) is 0. The molecule has 1 aromatic rings. The van der Waals surface area contributed by atoms with Gasteiger partial charge in [-0.3, -0.25) is 4.68 Å². The van der Waals surface area contributed by atoms with Gasteiger partial charge >= 0.3 is 0 Å². The number of aryl methyl sites for hydroxylation is 1. The van der Waals surface area contributed by atoms with E-state index in [1.807, 2.05) is 7.05 Å². The minimum atomic E-state index is 0.536. The number of aromatic nitrogens is 3. The highest BCUT2D eigenvalue weighted by Crippen LogP contribution is 2.19. The highest BCUT2D eigenvalue weighted by molar-refractivity contribution is 5.79. The van der Waals surface area contributed by atoms with Gasteiger partial charge in [-0.05, 0) is 39.0 Å². The van der Waals surface area contributed by atoms with Crippen molar-refractivity contribution in [1.29, 1.82) is 0 Å². The Bertz CT molecular complexity index is 488. The largest absolute Gasteiger partial charge is 0.357 e. The first-order valence-corrected chi connectivity index (χ1v) is 7.82. The molecule has 0 atom stereocenters. The van der Waals surface area contributed by atoms with Crippen molar-refractivity contribution in [2.75, 3.05) is 13.1 Å². The molecule has 6 nitrogen and oxygen atoms in total. The molecule has 0 aliphatic heterocycles. The van der Waals surface area contributed by atoms with Gasteiger partial charge in [-0.25, -0.2) is 9.98 Å². The van der Waals surface area contributed by atoms with E-state index in [9.17, 15) is 0 Å². The van der Waals surface area contributed by atoms with E-state index in [0.717, 1.165) is 31.3 Å². The van der Waals surface area contributed by atoms with Crippen molar-refractivity contribution in [3.05, 3.63) is 23.8 Å². The van der Waals surface area contributed by atoms with E-state index in [1.54, 1.807) is 16.6 Å². The van der Waals surface area contributed by atoms with Crippen molar-refractivity contribution in [3.63, 3.8) is 0 Å². The fourth-order valence-corrected chi connectivity index (χ4v) is 2.43. The van der Waals surface area contributed by atoms with Gasteiger partial charge in [0.2, 0.25) is 0 Å². The van der Waals surface area contributed by atoms with Crippen molar-refractivity contribution < 1.29 is 0 Å². The molecular formula is C15H26N6. The molecule has 0 bridgehead atoms. The molecule has 0 amide bonds. The Balaban J connectivity index is 1.80. The Hall–Kier alpha value is -1.85. The third kappa shape index (κ3) is 5.21. The number of aliphatic imine (C=N–C) groups is 1. The van der Waals surface area contributed by atoms with E-state index in [2.05, 4.69) is 38.7 Å². The van der Waals surface area contributed by atoms with Crippen molar-refractivity contribution in [1.82, 2.24) is 25.4 Å². The number of hydrogen-bond donors (Lipinski definition) is 2. The second kappa shape index (κ2) is 8.44. The molecule has 0 saturated carbocycles. The van der Waals surface area contributed by atoms with Crippen LogP contribution in [0, 0.1) is 0 Å². The van der Waals surface area contributed by atoms with Gasteiger partial charge in [0, 0.05) is 20.1 Å². The molecule has 21 heavy (non-hydrogen) atoms. The average molecular weight is 290 g/mol. The number of allylic oxidation sites excluding steroid dienone is 1. The van der Waals surface area contributed by atoms with Crippen LogP contribution in [0.1, 0.15) is 44.9 Å². The first-order valence-electron chi connectivity index (χ1n) is 7.82. The van der Waals surface area contributed by atoms with Crippen LogP contribution in [-0.2, 0) is 13.6 Å². The van der Waals surface area contributed by atoms with E-state index in [-0.39, 0.29) is 0 Å². The molecule has 0 fully saturated rings. The predicted octanol–water partition coefficient (Wildman–Crippen LogP) is 1.76. The quantitative estimate of drug-likeness (QED) is 0.476. The number of guanidine groups is 1. The zero-order valence-corrected chi connectivity index (χ0v) is 13.1. The average Bonchev–Trinajstić information content (AvgIpc) is 2.91. The summed E-state index contributed by atoms with van der Waals surface area (Å²) < 4.78 is 1.75. The highest BCUT2D eigenvalue weighted by atomic mass is 15.3. The molecule has 2 N–H and O–H groups in total. The van der Waals surface area contributed by atoms with Gasteiger partial charge in [0.05, 0.1) is 0 Å². The number of rotatable bonds is 6. The Morgan fingerprint density at radius 3 is 2.95 bits per heavy atom. The van der Waals surface area contributed by atoms with Crippen molar-refractivity contribution in [2.45, 2.75) is 45.6 Å². The predicted molar refractivity (Wildman–Crippen MR) is 85.0 cm³/mol. The van der Waals surface area contributed by atoms with Gasteiger partial charge in [-0.15, -0.1) is 0 Å². The minimum absolute atomic E-state index is 0.536. The van der Waals surface area contributed by atoms with Gasteiger partial charge in [-0.1, -0.05) is 11.6 Å². The van der Waals surface area contributed by atoms with Gasteiger partial charge in [0.25, 0.3) is 0 Å². The smallest absolute Gasteiger partial charge is 0.191 e. The standard InChI is InChI=1S/C15H26N6/c1-3-16-15(18-11-14-19-12-20-21(14)2)17-10-9-13-7-5-4-6-8-13/h7,12H,3-6,8-11H2,1-2H3,(H2,16,17,18). The molecule has 6 heteroatoms.